The van der Waals surface area contributed by atoms with Crippen LogP contribution in [-0.2, 0) is 6.54 Å². The van der Waals surface area contributed by atoms with Gasteiger partial charge in [0.2, 0.25) is 0 Å². The number of carbonyl (C=O) groups is 1. The van der Waals surface area contributed by atoms with E-state index in [1.165, 1.54) is 29.9 Å². The summed E-state index contributed by atoms with van der Waals surface area (Å²) in [6, 6.07) is 4.51. The molecule has 0 saturated carbocycles. The summed E-state index contributed by atoms with van der Waals surface area (Å²) in [6.45, 7) is 7.02. The molecule has 3 rings (SSSR count). The van der Waals surface area contributed by atoms with Gasteiger partial charge in [-0.05, 0) is 37.5 Å². The molecule has 2 heterocycles. The van der Waals surface area contributed by atoms with Crippen molar-refractivity contribution in [3.63, 3.8) is 0 Å². The highest BCUT2D eigenvalue weighted by molar-refractivity contribution is 5.92. The molecule has 0 bridgehead atoms. The predicted octanol–water partition coefficient (Wildman–Crippen LogP) is 0.0148. The lowest BCUT2D eigenvalue weighted by Gasteiger charge is -2.28. The molecular formula is C18H22N2O3. The Kier molecular flexibility index (Phi) is 4.22. The Morgan fingerprint density at radius 1 is 1.43 bits per heavy atom. The van der Waals surface area contributed by atoms with Gasteiger partial charge in [0.1, 0.15) is 6.54 Å². The van der Waals surface area contributed by atoms with E-state index < -0.39 is 5.97 Å². The van der Waals surface area contributed by atoms with Gasteiger partial charge in [0, 0.05) is 22.5 Å². The van der Waals surface area contributed by atoms with E-state index >= 15 is 0 Å². The van der Waals surface area contributed by atoms with Gasteiger partial charge < -0.3 is 19.8 Å². The monoisotopic (exact) mass is 314 g/mol. The molecule has 0 spiro atoms. The zero-order chi connectivity index (χ0) is 16.6. The van der Waals surface area contributed by atoms with Crippen LogP contribution >= 0.6 is 0 Å². The minimum Gasteiger partial charge on any atom is -0.545 e. The minimum absolute atomic E-state index is 0.0387. The summed E-state index contributed by atoms with van der Waals surface area (Å²) in [4.78, 5) is 28.5. The fourth-order valence-corrected chi connectivity index (χ4v) is 3.60. The number of hydrogen-bond donors (Lipinski definition) is 2. The normalized spacial score (nSPS) is 21.5. The predicted molar refractivity (Wildman–Crippen MR) is 86.4 cm³/mol. The topological polar surface area (TPSA) is 77.4 Å². The molecule has 1 aromatic carbocycles. The van der Waals surface area contributed by atoms with Gasteiger partial charge >= 0.3 is 0 Å². The van der Waals surface area contributed by atoms with E-state index in [2.05, 4.69) is 11.9 Å². The fourth-order valence-electron chi connectivity index (χ4n) is 3.60. The van der Waals surface area contributed by atoms with Gasteiger partial charge in [-0.1, -0.05) is 13.0 Å². The number of carboxylic acids is 1. The molecule has 1 unspecified atom stereocenters. The summed E-state index contributed by atoms with van der Waals surface area (Å²) in [5.41, 5.74) is 2.27. The van der Waals surface area contributed by atoms with Crippen LogP contribution in [0.15, 0.2) is 23.0 Å². The number of aromatic amines is 1. The van der Waals surface area contributed by atoms with Crippen LogP contribution < -0.4 is 15.4 Å². The number of nitrogens with one attached hydrogen (secondary N) is 2. The van der Waals surface area contributed by atoms with Crippen molar-refractivity contribution < 1.29 is 14.8 Å². The zero-order valence-corrected chi connectivity index (χ0v) is 13.6. The van der Waals surface area contributed by atoms with Crippen molar-refractivity contribution in [2.24, 2.45) is 5.92 Å². The Bertz CT molecular complexity index is 810. The number of piperidine rings is 1. The summed E-state index contributed by atoms with van der Waals surface area (Å²) in [5.74, 6) is -0.577. The van der Waals surface area contributed by atoms with Crippen molar-refractivity contribution in [3.05, 3.63) is 45.2 Å². The highest BCUT2D eigenvalue weighted by atomic mass is 16.4. The van der Waals surface area contributed by atoms with Crippen molar-refractivity contribution >= 4 is 16.9 Å². The Hall–Kier alpha value is -2.14. The van der Waals surface area contributed by atoms with E-state index in [1.54, 1.807) is 6.07 Å². The number of aryl methyl sites for hydroxylation is 1. The van der Waals surface area contributed by atoms with Gasteiger partial charge in [-0.3, -0.25) is 4.79 Å². The van der Waals surface area contributed by atoms with Gasteiger partial charge in [-0.15, -0.1) is 0 Å². The van der Waals surface area contributed by atoms with E-state index in [1.807, 2.05) is 6.92 Å². The van der Waals surface area contributed by atoms with Crippen LogP contribution in [-0.4, -0.2) is 24.0 Å². The average molecular weight is 314 g/mol. The maximum Gasteiger partial charge on any atom is 0.198 e. The molecule has 1 fully saturated rings. The van der Waals surface area contributed by atoms with Gasteiger partial charge in [-0.25, -0.2) is 0 Å². The van der Waals surface area contributed by atoms with Crippen molar-refractivity contribution in [2.45, 2.75) is 33.2 Å². The summed E-state index contributed by atoms with van der Waals surface area (Å²) in [7, 11) is 0. The number of fused-ring (bicyclic) bond motifs is 1. The van der Waals surface area contributed by atoms with Crippen molar-refractivity contribution in [3.8, 4) is 0 Å². The number of aromatic nitrogens is 1. The molecule has 5 heteroatoms. The molecular weight excluding hydrogens is 292 g/mol. The van der Waals surface area contributed by atoms with E-state index in [0.717, 1.165) is 24.3 Å². The summed E-state index contributed by atoms with van der Waals surface area (Å²) in [5, 5.41) is 11.5. The first-order valence-corrected chi connectivity index (χ1v) is 8.16. The van der Waals surface area contributed by atoms with Crippen molar-refractivity contribution in [1.29, 1.82) is 0 Å². The number of carbonyl (C=O) groups excluding carboxylic acids is 1. The van der Waals surface area contributed by atoms with Gasteiger partial charge in [0.05, 0.1) is 24.6 Å². The molecule has 1 saturated heterocycles. The van der Waals surface area contributed by atoms with Gasteiger partial charge in [-0.2, -0.15) is 0 Å². The fraction of sp³-hybridized carbons (Fsp3) is 0.444. The minimum atomic E-state index is -1.26. The van der Waals surface area contributed by atoms with Crippen LogP contribution in [0.3, 0.4) is 0 Å². The number of aromatic carboxylic acids is 1. The maximum atomic E-state index is 12.8. The number of rotatable bonds is 3. The second kappa shape index (κ2) is 6.16. The molecule has 0 amide bonds. The summed E-state index contributed by atoms with van der Waals surface area (Å²) >= 11 is 0. The molecule has 122 valence electrons. The first-order chi connectivity index (χ1) is 11.0. The lowest BCUT2D eigenvalue weighted by Crippen LogP contribution is -3.12. The number of quaternary nitrogens is 1. The highest BCUT2D eigenvalue weighted by Crippen LogP contribution is 2.13. The van der Waals surface area contributed by atoms with E-state index in [4.69, 9.17) is 0 Å². The lowest BCUT2D eigenvalue weighted by molar-refractivity contribution is -0.922. The van der Waals surface area contributed by atoms with Crippen LogP contribution in [0, 0.1) is 12.8 Å². The summed E-state index contributed by atoms with van der Waals surface area (Å²) in [6.07, 6.45) is 2.45. The average Bonchev–Trinajstić information content (AvgIpc) is 2.51. The molecule has 1 aromatic heterocycles. The van der Waals surface area contributed by atoms with Crippen LogP contribution in [0.25, 0.3) is 10.9 Å². The summed E-state index contributed by atoms with van der Waals surface area (Å²) < 4.78 is 0. The van der Waals surface area contributed by atoms with Gasteiger partial charge in [0.25, 0.3) is 0 Å². The molecule has 5 nitrogen and oxygen atoms in total. The number of H-pyrrole nitrogens is 1. The Morgan fingerprint density at radius 2 is 2.22 bits per heavy atom. The number of carboxylic acid groups (broad SMARTS) is 1. The lowest BCUT2D eigenvalue weighted by atomic mass is 9.99. The zero-order valence-electron chi connectivity index (χ0n) is 13.6. The molecule has 0 radical (unpaired) electrons. The SMILES string of the molecule is Cc1[nH]c2ccc(C(=O)[O-])cc2c(=O)c1C[NH+]1CCC[C@@H](C)C1. The Balaban J connectivity index is 2.02. The third kappa shape index (κ3) is 3.15. The second-order valence-electron chi connectivity index (χ2n) is 6.73. The largest absolute Gasteiger partial charge is 0.545 e. The first kappa shape index (κ1) is 15.7. The van der Waals surface area contributed by atoms with Crippen LogP contribution in [0.4, 0.5) is 0 Å². The number of pyridine rings is 1. The van der Waals surface area contributed by atoms with Crippen LogP contribution in [0.5, 0.6) is 0 Å². The molecule has 2 N–H and O–H groups in total. The second-order valence-corrected chi connectivity index (χ2v) is 6.73. The molecule has 1 aliphatic rings. The maximum absolute atomic E-state index is 12.8. The molecule has 23 heavy (non-hydrogen) atoms. The van der Waals surface area contributed by atoms with E-state index in [-0.39, 0.29) is 11.0 Å². The first-order valence-electron chi connectivity index (χ1n) is 8.16. The van der Waals surface area contributed by atoms with Crippen LogP contribution in [0.1, 0.15) is 41.4 Å². The van der Waals surface area contributed by atoms with E-state index in [0.29, 0.717) is 23.4 Å². The third-order valence-electron chi connectivity index (χ3n) is 4.84. The van der Waals surface area contributed by atoms with Crippen molar-refractivity contribution in [1.82, 2.24) is 4.98 Å². The standard InChI is InChI=1S/C18H22N2O3/c1-11-4-3-7-20(9-11)10-15-12(2)19-16-6-5-13(18(22)23)8-14(16)17(15)21/h5-6,8,11H,3-4,7,9-10H2,1-2H3,(H,19,21)(H,22,23)/t11-/m1/s1. The third-order valence-corrected chi connectivity index (χ3v) is 4.84. The number of benzene rings is 1. The molecule has 2 aromatic rings. The Labute approximate surface area is 134 Å². The molecule has 0 aliphatic carbocycles. The number of hydrogen-bond acceptors (Lipinski definition) is 3. The molecule has 1 aliphatic heterocycles. The van der Waals surface area contributed by atoms with Crippen LogP contribution in [0.2, 0.25) is 0 Å². The molecule has 2 atom stereocenters. The highest BCUT2D eigenvalue weighted by Gasteiger charge is 2.22. The quantitative estimate of drug-likeness (QED) is 0.838. The number of likely N-dealkylation sites (tertiary alicyclic amines) is 1. The van der Waals surface area contributed by atoms with Gasteiger partial charge in [0.15, 0.2) is 5.43 Å². The van der Waals surface area contributed by atoms with Crippen molar-refractivity contribution in [2.75, 3.05) is 13.1 Å². The van der Waals surface area contributed by atoms with E-state index in [9.17, 15) is 14.7 Å². The smallest absolute Gasteiger partial charge is 0.198 e. The Morgan fingerprint density at radius 3 is 2.91 bits per heavy atom.